The Morgan fingerprint density at radius 3 is 2.33 bits per heavy atom. The first kappa shape index (κ1) is 10.3. The summed E-state index contributed by atoms with van der Waals surface area (Å²) in [5, 5.41) is 8.88. The number of aliphatic carboxylic acids is 1. The zero-order chi connectivity index (χ0) is 10.5. The minimum atomic E-state index is -0.578. The van der Waals surface area contributed by atoms with Crippen LogP contribution in [-0.2, 0) is 4.79 Å². The van der Waals surface area contributed by atoms with Crippen molar-refractivity contribution in [2.45, 2.75) is 36.2 Å². The van der Waals surface area contributed by atoms with Crippen LogP contribution in [0, 0.1) is 11.3 Å². The summed E-state index contributed by atoms with van der Waals surface area (Å²) in [5.41, 5.74) is 0.445. The predicted molar refractivity (Wildman–Crippen MR) is 64.3 cm³/mol. The van der Waals surface area contributed by atoms with Crippen molar-refractivity contribution >= 4 is 29.5 Å². The summed E-state index contributed by atoms with van der Waals surface area (Å²) < 4.78 is 0.502. The van der Waals surface area contributed by atoms with Crippen LogP contribution >= 0.6 is 23.5 Å². The number of hydrogen-bond donors (Lipinski definition) is 1. The molecule has 1 heterocycles. The van der Waals surface area contributed by atoms with E-state index in [1.807, 2.05) is 0 Å². The molecule has 15 heavy (non-hydrogen) atoms. The second-order valence-electron chi connectivity index (χ2n) is 5.26. The zero-order valence-electron chi connectivity index (χ0n) is 8.70. The Morgan fingerprint density at radius 1 is 1.20 bits per heavy atom. The quantitative estimate of drug-likeness (QED) is 0.769. The second-order valence-corrected chi connectivity index (χ2v) is 8.47. The van der Waals surface area contributed by atoms with Crippen molar-refractivity contribution in [1.82, 2.24) is 0 Å². The van der Waals surface area contributed by atoms with Crippen LogP contribution in [0.3, 0.4) is 0 Å². The van der Waals surface area contributed by atoms with Crippen LogP contribution < -0.4 is 0 Å². The summed E-state index contributed by atoms with van der Waals surface area (Å²) in [6, 6.07) is 0. The molecule has 84 valence electrons. The van der Waals surface area contributed by atoms with Crippen molar-refractivity contribution in [3.63, 3.8) is 0 Å². The third-order valence-electron chi connectivity index (χ3n) is 4.02. The van der Waals surface area contributed by atoms with Gasteiger partial charge in [0.2, 0.25) is 0 Å². The molecule has 0 radical (unpaired) electrons. The number of rotatable bonds is 1. The van der Waals surface area contributed by atoms with E-state index in [0.717, 1.165) is 12.8 Å². The minimum absolute atomic E-state index is 0.0269. The van der Waals surface area contributed by atoms with Gasteiger partial charge >= 0.3 is 5.97 Å². The highest BCUT2D eigenvalue weighted by Gasteiger charge is 2.62. The van der Waals surface area contributed by atoms with Crippen molar-refractivity contribution < 1.29 is 9.90 Å². The van der Waals surface area contributed by atoms with E-state index >= 15 is 0 Å². The summed E-state index contributed by atoms with van der Waals surface area (Å²) in [4.78, 5) is 10.8. The van der Waals surface area contributed by atoms with E-state index in [9.17, 15) is 4.79 Å². The molecule has 0 unspecified atom stereocenters. The fraction of sp³-hybridized carbons (Fsp3) is 0.909. The smallest absolute Gasteiger partial charge is 0.306 e. The lowest BCUT2D eigenvalue weighted by Gasteiger charge is -2.63. The fourth-order valence-electron chi connectivity index (χ4n) is 3.36. The Balaban J connectivity index is 1.56. The van der Waals surface area contributed by atoms with E-state index in [-0.39, 0.29) is 5.92 Å². The number of carboxylic acid groups (broad SMARTS) is 1. The second kappa shape index (κ2) is 3.33. The Bertz CT molecular complexity index is 281. The first-order valence-electron chi connectivity index (χ1n) is 5.64. The summed E-state index contributed by atoms with van der Waals surface area (Å²) in [6.07, 6.45) is 5.80. The van der Waals surface area contributed by atoms with Gasteiger partial charge in [0.15, 0.2) is 0 Å². The monoisotopic (exact) mass is 244 g/mol. The summed E-state index contributed by atoms with van der Waals surface area (Å²) in [5.74, 6) is 2.02. The van der Waals surface area contributed by atoms with Gasteiger partial charge in [-0.05, 0) is 49.0 Å². The first-order chi connectivity index (χ1) is 7.13. The molecule has 0 aromatic heterocycles. The molecule has 0 aromatic rings. The molecule has 1 aliphatic heterocycles. The van der Waals surface area contributed by atoms with Gasteiger partial charge in [-0.15, -0.1) is 23.5 Å². The van der Waals surface area contributed by atoms with Gasteiger partial charge in [0.1, 0.15) is 0 Å². The van der Waals surface area contributed by atoms with Gasteiger partial charge in [-0.2, -0.15) is 0 Å². The van der Waals surface area contributed by atoms with Crippen molar-refractivity contribution in [3.8, 4) is 0 Å². The average Bonchev–Trinajstić information content (AvgIpc) is 2.10. The average molecular weight is 244 g/mol. The maximum atomic E-state index is 10.8. The molecule has 1 N–H and O–H groups in total. The molecule has 0 aromatic carbocycles. The van der Waals surface area contributed by atoms with Gasteiger partial charge in [-0.1, -0.05) is 0 Å². The van der Waals surface area contributed by atoms with E-state index in [4.69, 9.17) is 5.11 Å². The molecular weight excluding hydrogens is 228 g/mol. The van der Waals surface area contributed by atoms with Crippen molar-refractivity contribution in [1.29, 1.82) is 0 Å². The van der Waals surface area contributed by atoms with Crippen LogP contribution in [0.2, 0.25) is 0 Å². The standard InChI is InChI=1S/C11H16O2S2/c12-9(13)8-4-10(5-8)6-11(7-10)14-2-1-3-15-11/h8H,1-7H2,(H,12,13). The molecule has 2 nitrogen and oxygen atoms in total. The third-order valence-corrected chi connectivity index (χ3v) is 7.34. The first-order valence-corrected chi connectivity index (χ1v) is 7.61. The number of thioether (sulfide) groups is 2. The number of carbonyl (C=O) groups is 1. The zero-order valence-corrected chi connectivity index (χ0v) is 10.3. The molecule has 0 amide bonds. The molecule has 3 rings (SSSR count). The van der Waals surface area contributed by atoms with E-state index in [1.165, 1.54) is 30.8 Å². The highest BCUT2D eigenvalue weighted by atomic mass is 32.2. The lowest BCUT2D eigenvalue weighted by molar-refractivity contribution is -0.154. The Morgan fingerprint density at radius 2 is 1.80 bits per heavy atom. The SMILES string of the molecule is O=C(O)C1CC2(C1)CC1(C2)SCCCS1. The molecule has 3 aliphatic rings. The van der Waals surface area contributed by atoms with Crippen molar-refractivity contribution in [3.05, 3.63) is 0 Å². The predicted octanol–water partition coefficient (Wildman–Crippen LogP) is 2.83. The molecule has 3 fully saturated rings. The Labute approximate surface area is 98.6 Å². The molecule has 2 aliphatic carbocycles. The van der Waals surface area contributed by atoms with E-state index in [0.29, 0.717) is 9.49 Å². The van der Waals surface area contributed by atoms with Gasteiger partial charge in [0, 0.05) is 0 Å². The fourth-order valence-corrected chi connectivity index (χ4v) is 7.33. The normalized spacial score (nSPS) is 32.3. The van der Waals surface area contributed by atoms with Crippen LogP contribution in [0.25, 0.3) is 0 Å². The number of hydrogen-bond acceptors (Lipinski definition) is 3. The van der Waals surface area contributed by atoms with Gasteiger partial charge in [0.25, 0.3) is 0 Å². The van der Waals surface area contributed by atoms with Gasteiger partial charge in [0.05, 0.1) is 10.00 Å². The Hall–Kier alpha value is 0.170. The van der Waals surface area contributed by atoms with E-state index in [2.05, 4.69) is 23.5 Å². The van der Waals surface area contributed by atoms with E-state index < -0.39 is 5.97 Å². The highest BCUT2D eigenvalue weighted by molar-refractivity contribution is 8.18. The van der Waals surface area contributed by atoms with E-state index in [1.54, 1.807) is 0 Å². The van der Waals surface area contributed by atoms with Crippen LogP contribution in [0.15, 0.2) is 0 Å². The molecular formula is C11H16O2S2. The van der Waals surface area contributed by atoms with Crippen molar-refractivity contribution in [2.75, 3.05) is 11.5 Å². The highest BCUT2D eigenvalue weighted by Crippen LogP contribution is 2.70. The summed E-state index contributed by atoms with van der Waals surface area (Å²) in [7, 11) is 0. The molecule has 0 atom stereocenters. The van der Waals surface area contributed by atoms with Gasteiger partial charge in [-0.25, -0.2) is 0 Å². The number of carboxylic acids is 1. The van der Waals surface area contributed by atoms with Gasteiger partial charge < -0.3 is 5.11 Å². The molecule has 4 heteroatoms. The van der Waals surface area contributed by atoms with Crippen LogP contribution in [0.5, 0.6) is 0 Å². The van der Waals surface area contributed by atoms with Crippen molar-refractivity contribution in [2.24, 2.45) is 11.3 Å². The maximum absolute atomic E-state index is 10.8. The minimum Gasteiger partial charge on any atom is -0.481 e. The van der Waals surface area contributed by atoms with Crippen LogP contribution in [-0.4, -0.2) is 26.7 Å². The molecule has 2 spiro atoms. The lowest BCUT2D eigenvalue weighted by Crippen LogP contribution is -2.56. The summed E-state index contributed by atoms with van der Waals surface area (Å²) in [6.45, 7) is 0. The summed E-state index contributed by atoms with van der Waals surface area (Å²) >= 11 is 4.26. The maximum Gasteiger partial charge on any atom is 0.306 e. The van der Waals surface area contributed by atoms with Crippen LogP contribution in [0.4, 0.5) is 0 Å². The third kappa shape index (κ3) is 1.60. The Kier molecular flexibility index (Phi) is 2.29. The molecule has 0 bridgehead atoms. The molecule has 2 saturated carbocycles. The topological polar surface area (TPSA) is 37.3 Å². The molecule has 1 saturated heterocycles. The van der Waals surface area contributed by atoms with Crippen LogP contribution in [0.1, 0.15) is 32.1 Å². The van der Waals surface area contributed by atoms with Gasteiger partial charge in [-0.3, -0.25) is 4.79 Å². The largest absolute Gasteiger partial charge is 0.481 e. The lowest BCUT2D eigenvalue weighted by atomic mass is 9.51.